The monoisotopic (exact) mass is 940 g/mol. The molecule has 0 spiro atoms. The van der Waals surface area contributed by atoms with Crippen LogP contribution in [0, 0.1) is 0 Å². The first kappa shape index (κ1) is 39.3. The summed E-state index contributed by atoms with van der Waals surface area (Å²) < 4.78 is 59.8. The minimum atomic E-state index is -2.11. The maximum absolute atomic E-state index is 16.4. The Morgan fingerprint density at radius 2 is 1.38 bits per heavy atom. The summed E-state index contributed by atoms with van der Waals surface area (Å²) in [7, 11) is 0. The van der Waals surface area contributed by atoms with Crippen LogP contribution in [0.2, 0.25) is 0 Å². The number of nitrogens with zero attached hydrogens (tertiary/aromatic N) is 9. The van der Waals surface area contributed by atoms with E-state index < -0.39 is 11.5 Å². The Hall–Kier alpha value is -8.85. The molecule has 0 aliphatic carbocycles. The molecule has 1 atom stereocenters. The smallest absolute Gasteiger partial charge is 0.287 e. The summed E-state index contributed by atoms with van der Waals surface area (Å²) in [5.74, 6) is 2.62. The third kappa shape index (κ3) is 6.30. The molecule has 0 saturated carbocycles. The fourth-order valence-corrected chi connectivity index (χ4v) is 9.57. The molecule has 1 aromatic carbocycles. The van der Waals surface area contributed by atoms with Gasteiger partial charge in [0, 0.05) is 69.9 Å². The number of hydrogen-bond donors (Lipinski definition) is 1. The van der Waals surface area contributed by atoms with Crippen molar-refractivity contribution in [3.05, 3.63) is 103 Å². The van der Waals surface area contributed by atoms with Gasteiger partial charge in [-0.3, -0.25) is 14.7 Å². The number of anilines is 2. The van der Waals surface area contributed by atoms with Crippen LogP contribution in [-0.2, 0) is 10.4 Å². The van der Waals surface area contributed by atoms with E-state index in [1.54, 1.807) is 53.8 Å². The van der Waals surface area contributed by atoms with Crippen molar-refractivity contribution in [2.24, 2.45) is 0 Å². The molecule has 5 aliphatic rings. The van der Waals surface area contributed by atoms with Crippen molar-refractivity contribution in [2.75, 3.05) is 57.8 Å². The first-order valence-corrected chi connectivity index (χ1v) is 22.7. The van der Waals surface area contributed by atoms with E-state index >= 15 is 4.79 Å². The summed E-state index contributed by atoms with van der Waals surface area (Å²) in [4.78, 5) is 51.1. The predicted molar refractivity (Wildman–Crippen MR) is 244 cm³/mol. The maximum atomic E-state index is 16.4. The Morgan fingerprint density at radius 3 is 2.25 bits per heavy atom. The second-order valence-corrected chi connectivity index (χ2v) is 17.0. The van der Waals surface area contributed by atoms with Crippen molar-refractivity contribution in [2.45, 2.75) is 5.60 Å². The molecule has 9 aromatic rings. The van der Waals surface area contributed by atoms with E-state index in [0.717, 1.165) is 22.6 Å². The Balaban J connectivity index is 1.06. The number of amides is 1. The lowest BCUT2D eigenvalue weighted by molar-refractivity contribution is -0.132. The van der Waals surface area contributed by atoms with Gasteiger partial charge in [-0.2, -0.15) is 0 Å². The first-order chi connectivity index (χ1) is 34.0. The van der Waals surface area contributed by atoms with Crippen molar-refractivity contribution in [3.63, 3.8) is 0 Å². The van der Waals surface area contributed by atoms with Crippen LogP contribution in [0.4, 0.5) is 11.4 Å². The highest BCUT2D eigenvalue weighted by Crippen LogP contribution is 2.55. The van der Waals surface area contributed by atoms with Gasteiger partial charge in [-0.15, -0.1) is 5.10 Å². The predicted octanol–water partition coefficient (Wildman–Crippen LogP) is 6.63. The molecule has 0 fully saturated rings. The summed E-state index contributed by atoms with van der Waals surface area (Å²) in [5, 5.41) is 5.24. The van der Waals surface area contributed by atoms with Gasteiger partial charge in [0.25, 0.3) is 23.3 Å². The van der Waals surface area contributed by atoms with E-state index in [9.17, 15) is 0 Å². The van der Waals surface area contributed by atoms with E-state index in [0.29, 0.717) is 130 Å². The highest BCUT2D eigenvalue weighted by atomic mass is 32.1. The van der Waals surface area contributed by atoms with Crippen LogP contribution in [0.25, 0.3) is 55.2 Å². The molecular formula is C48H32N10O10S. The Kier molecular flexibility index (Phi) is 8.75. The van der Waals surface area contributed by atoms with Crippen molar-refractivity contribution in [1.82, 2.24) is 44.5 Å². The van der Waals surface area contributed by atoms with Gasteiger partial charge >= 0.3 is 0 Å². The van der Waals surface area contributed by atoms with Gasteiger partial charge in [0.15, 0.2) is 39.3 Å². The number of fused-ring (bicyclic) bond motifs is 7. The molecule has 0 bridgehead atoms. The number of aromatic nitrogens is 9. The van der Waals surface area contributed by atoms with Crippen LogP contribution in [0.1, 0.15) is 11.3 Å². The molecule has 13 heterocycles. The number of hydrogen-bond acceptors (Lipinski definition) is 19. The van der Waals surface area contributed by atoms with E-state index in [2.05, 4.69) is 24.5 Å². The highest BCUT2D eigenvalue weighted by Gasteiger charge is 2.56. The zero-order chi connectivity index (χ0) is 45.6. The number of benzene rings is 1. The Bertz CT molecular complexity index is 3570. The van der Waals surface area contributed by atoms with E-state index in [1.165, 1.54) is 6.20 Å². The van der Waals surface area contributed by atoms with E-state index in [-0.39, 0.29) is 41.9 Å². The molecule has 21 heteroatoms. The zero-order valence-electron chi connectivity index (χ0n) is 35.8. The largest absolute Gasteiger partial charge is 0.486 e. The summed E-state index contributed by atoms with van der Waals surface area (Å²) in [5.41, 5.74) is 3.23. The molecule has 69 heavy (non-hydrogen) atoms. The van der Waals surface area contributed by atoms with Gasteiger partial charge in [0.05, 0.1) is 29.0 Å². The quantitative estimate of drug-likeness (QED) is 0.185. The molecule has 8 aromatic heterocycles. The zero-order valence-corrected chi connectivity index (χ0v) is 36.6. The summed E-state index contributed by atoms with van der Waals surface area (Å²) in [6.45, 7) is 2.53. The summed E-state index contributed by atoms with van der Waals surface area (Å²) in [6, 6.07) is 20.0. The number of pyridine rings is 6. The van der Waals surface area contributed by atoms with Crippen molar-refractivity contribution >= 4 is 50.2 Å². The second-order valence-electron chi connectivity index (χ2n) is 16.2. The fourth-order valence-electron chi connectivity index (χ4n) is 9.07. The molecule has 20 nitrogen and oxygen atoms in total. The number of aromatic amines is 1. The average molecular weight is 941 g/mol. The number of nitrogens with one attached hydrogen (secondary N) is 1. The standard InChI is InChI=1S/C48H32N10O10S/c59-47-48(26-16-33-46(52-22-26)69-57-56-33,39-20-36-38(23-50-39)64-9-8-62-36)68-44-40(58(47)27-3-4-34-35(17-27)61-7-6-60-34)28(25-15-37-43(51-21-25)66-12-10-63-37)18-31(54-44)32-19-29(41-45(55-32)67-13-11-65-41)30-14-24-2-1-5-49-42(24)53-30/h1-5,14-23H,6-13H2,(H,49,53). The van der Waals surface area contributed by atoms with Gasteiger partial charge in [0.1, 0.15) is 75.4 Å². The average Bonchev–Trinajstić information content (AvgIpc) is 4.07. The minimum absolute atomic E-state index is 0.00752. The third-order valence-corrected chi connectivity index (χ3v) is 12.8. The highest BCUT2D eigenvalue weighted by molar-refractivity contribution is 7.12. The van der Waals surface area contributed by atoms with Crippen LogP contribution >= 0.6 is 11.5 Å². The number of rotatable bonds is 6. The summed E-state index contributed by atoms with van der Waals surface area (Å²) in [6.07, 6.45) is 6.45. The van der Waals surface area contributed by atoms with Crippen LogP contribution < -0.4 is 47.5 Å². The molecule has 1 N–H and O–H groups in total. The van der Waals surface area contributed by atoms with E-state index in [4.69, 9.17) is 62.6 Å². The lowest BCUT2D eigenvalue weighted by Crippen LogP contribution is -2.54. The van der Waals surface area contributed by atoms with Gasteiger partial charge in [0.2, 0.25) is 5.88 Å². The van der Waals surface area contributed by atoms with Crippen molar-refractivity contribution < 1.29 is 47.4 Å². The van der Waals surface area contributed by atoms with Gasteiger partial charge < -0.3 is 47.6 Å². The topological polar surface area (TPSA) is 222 Å². The number of carbonyl (C=O) groups excluding carboxylic acids is 1. The second kappa shape index (κ2) is 15.3. The van der Waals surface area contributed by atoms with Crippen LogP contribution in [0.15, 0.2) is 91.5 Å². The first-order valence-electron chi connectivity index (χ1n) is 21.9. The van der Waals surface area contributed by atoms with Gasteiger partial charge in [-0.25, -0.2) is 24.9 Å². The Morgan fingerprint density at radius 1 is 0.623 bits per heavy atom. The van der Waals surface area contributed by atoms with Crippen LogP contribution in [-0.4, -0.2) is 103 Å². The third-order valence-electron chi connectivity index (χ3n) is 12.2. The molecule has 340 valence electrons. The molecule has 0 radical (unpaired) electrons. The lowest BCUT2D eigenvalue weighted by Gasteiger charge is -2.42. The SMILES string of the molecule is O=C1N(c2ccc3c(c2)OCCO3)c2c(-c3cnc4c(c3)OCCO4)cc(-c3cc(-c4cc5cccnc5[nH]4)c4c(n3)OCCO4)nc2OC1(c1cnc2snnc2c1)c1cc2c(cn1)OCCO2. The number of H-pyrrole nitrogens is 1. The van der Waals surface area contributed by atoms with Gasteiger partial charge in [-0.05, 0) is 54.6 Å². The fraction of sp³-hybridized carbons (Fsp3) is 0.188. The van der Waals surface area contributed by atoms with Crippen molar-refractivity contribution in [3.8, 4) is 85.9 Å². The molecule has 1 amide bonds. The maximum Gasteiger partial charge on any atom is 0.287 e. The van der Waals surface area contributed by atoms with Crippen molar-refractivity contribution in [1.29, 1.82) is 0 Å². The van der Waals surface area contributed by atoms with Crippen LogP contribution in [0.5, 0.6) is 52.1 Å². The molecule has 5 aliphatic heterocycles. The summed E-state index contributed by atoms with van der Waals surface area (Å²) >= 11 is 1.12. The number of carbonyl (C=O) groups is 1. The number of ether oxygens (including phenoxy) is 9. The molecular weight excluding hydrogens is 909 g/mol. The molecule has 0 saturated heterocycles. The minimum Gasteiger partial charge on any atom is -0.486 e. The normalized spacial score (nSPS) is 17.6. The van der Waals surface area contributed by atoms with E-state index in [1.807, 2.05) is 36.4 Å². The molecule has 1 unspecified atom stereocenters. The lowest BCUT2D eigenvalue weighted by atomic mass is 9.86. The van der Waals surface area contributed by atoms with Crippen LogP contribution in [0.3, 0.4) is 0 Å². The Labute approximate surface area is 392 Å². The molecule has 14 rings (SSSR count). The van der Waals surface area contributed by atoms with Gasteiger partial charge in [-0.1, -0.05) is 4.49 Å².